The molecular formula is C138H79N5O2S5. The van der Waals surface area contributed by atoms with Gasteiger partial charge < -0.3 is 31.7 Å². The summed E-state index contributed by atoms with van der Waals surface area (Å²) >= 11 is 9.47. The van der Waals surface area contributed by atoms with Gasteiger partial charge in [0.1, 0.15) is 22.3 Å². The van der Waals surface area contributed by atoms with E-state index < -0.39 is 0 Å². The number of fused-ring (bicyclic) bond motifs is 38. The molecule has 0 fully saturated rings. The summed E-state index contributed by atoms with van der Waals surface area (Å²) in [7, 11) is 0. The average molecular weight is 2000 g/mol. The lowest BCUT2D eigenvalue weighted by Gasteiger charge is -2.10. The predicted molar refractivity (Wildman–Crippen MR) is 646 cm³/mol. The number of hydrogen-bond acceptors (Lipinski definition) is 7. The highest BCUT2D eigenvalue weighted by Crippen LogP contribution is 2.54. The highest BCUT2D eigenvalue weighted by molar-refractivity contribution is 7.28. The number of aromatic nitrogens is 5. The molecule has 12 aromatic heterocycles. The molecule has 12 heteroatoms. The van der Waals surface area contributed by atoms with Gasteiger partial charge in [-0.1, -0.05) is 309 Å². The van der Waals surface area contributed by atoms with Crippen molar-refractivity contribution in [3.05, 3.63) is 479 Å². The molecule has 0 atom stereocenters. The molecule has 0 unspecified atom stereocenters. The van der Waals surface area contributed by atoms with Gasteiger partial charge in [0.15, 0.2) is 0 Å². The van der Waals surface area contributed by atoms with Crippen molar-refractivity contribution in [2.75, 3.05) is 0 Å². The summed E-state index contributed by atoms with van der Waals surface area (Å²) in [5.41, 5.74) is 29.2. The molecule has 7 nitrogen and oxygen atoms in total. The van der Waals surface area contributed by atoms with Crippen LogP contribution in [0.4, 0.5) is 0 Å². The van der Waals surface area contributed by atoms with E-state index in [0.717, 1.165) is 66.3 Å². The normalized spacial score (nSPS) is 12.3. The molecule has 0 saturated carbocycles. The Morgan fingerprint density at radius 3 is 0.827 bits per heavy atom. The van der Waals surface area contributed by atoms with Crippen molar-refractivity contribution in [1.82, 2.24) is 22.8 Å². The minimum absolute atomic E-state index is 0.922. The van der Waals surface area contributed by atoms with Crippen molar-refractivity contribution >= 4 is 310 Å². The third-order valence-corrected chi connectivity index (χ3v) is 37.5. The maximum absolute atomic E-state index is 6.53. The minimum Gasteiger partial charge on any atom is -0.455 e. The van der Waals surface area contributed by atoms with Crippen molar-refractivity contribution < 1.29 is 8.83 Å². The predicted octanol–water partition coefficient (Wildman–Crippen LogP) is 41.2. The van der Waals surface area contributed by atoms with Gasteiger partial charge in [-0.2, -0.15) is 0 Å². The molecule has 0 spiro atoms. The summed E-state index contributed by atoms with van der Waals surface area (Å²) < 4.78 is 38.4. The Labute approximate surface area is 875 Å². The third-order valence-electron chi connectivity index (χ3n) is 31.4. The van der Waals surface area contributed by atoms with Gasteiger partial charge in [0, 0.05) is 233 Å². The van der Waals surface area contributed by atoms with Gasteiger partial charge in [-0.25, -0.2) is 0 Å². The van der Waals surface area contributed by atoms with E-state index in [1.54, 1.807) is 0 Å². The molecule has 0 aliphatic carbocycles. The van der Waals surface area contributed by atoms with Crippen LogP contribution in [0, 0.1) is 0 Å². The summed E-state index contributed by atoms with van der Waals surface area (Å²) in [4.78, 5) is 0. The lowest BCUT2D eigenvalue weighted by Crippen LogP contribution is -1.95. The number of rotatable bonds is 8. The van der Waals surface area contributed by atoms with Gasteiger partial charge in [0.05, 0.1) is 60.6 Å². The number of hydrogen-bond donors (Lipinski definition) is 0. The SMILES string of the molecule is c1ccc(-n2c3ccccc3c3c4c5ccccc5n(-c5ccc6sc7c(-c8cccc9c8oc8ccccc89)cccc7c6c5)c4ccc32)cc1.c1ccc(-n2c3ccccc3c3cc4c5ccccc5n(-c5ccc6sc7c(-c8cccc9c8sc8ccccc89)cccc7c6c5)c4cc32)cc1.c1ccc2c(c1)oc1c2ccc2c1c1ccccc1n2-c1ccc2sc3c(-c4cccc5c4sc4ccccc45)cccc3c2c1. The van der Waals surface area contributed by atoms with Crippen molar-refractivity contribution in [1.29, 1.82) is 0 Å². The van der Waals surface area contributed by atoms with Crippen LogP contribution in [-0.2, 0) is 0 Å². The fourth-order valence-corrected chi connectivity index (χ4v) is 31.1. The summed E-state index contributed by atoms with van der Waals surface area (Å²) in [5, 5.41) is 30.3. The van der Waals surface area contributed by atoms with Crippen LogP contribution in [0.5, 0.6) is 0 Å². The number of thiophene rings is 5. The lowest BCUT2D eigenvalue weighted by atomic mass is 10.00. The van der Waals surface area contributed by atoms with Crippen LogP contribution >= 0.6 is 56.7 Å². The van der Waals surface area contributed by atoms with Crippen molar-refractivity contribution in [3.8, 4) is 61.8 Å². The quantitative estimate of drug-likeness (QED) is 0.152. The molecule has 0 radical (unpaired) electrons. The Morgan fingerprint density at radius 2 is 0.407 bits per heavy atom. The van der Waals surface area contributed by atoms with Crippen molar-refractivity contribution in [3.63, 3.8) is 0 Å². The molecule has 35 aromatic rings. The maximum atomic E-state index is 6.53. The number of nitrogens with zero attached hydrogens (tertiary/aromatic N) is 5. The first-order chi connectivity index (χ1) is 74.4. The van der Waals surface area contributed by atoms with Crippen molar-refractivity contribution in [2.45, 2.75) is 0 Å². The second-order valence-corrected chi connectivity index (χ2v) is 44.6. The molecule has 0 N–H and O–H groups in total. The second kappa shape index (κ2) is 32.6. The molecule has 0 bridgehead atoms. The highest BCUT2D eigenvalue weighted by atomic mass is 32.1. The first-order valence-electron chi connectivity index (χ1n) is 50.9. The molecule has 35 rings (SSSR count). The number of benzene rings is 23. The summed E-state index contributed by atoms with van der Waals surface area (Å²) in [5.74, 6) is 0. The Kier molecular flexibility index (Phi) is 18.3. The minimum atomic E-state index is 0.922. The van der Waals surface area contributed by atoms with E-state index in [-0.39, 0.29) is 0 Å². The van der Waals surface area contributed by atoms with Gasteiger partial charge in [-0.05, 0) is 170 Å². The molecule has 0 saturated heterocycles. The monoisotopic (exact) mass is 2000 g/mol. The molecule has 150 heavy (non-hydrogen) atoms. The van der Waals surface area contributed by atoms with Crippen LogP contribution in [0.2, 0.25) is 0 Å². The average Bonchev–Trinajstić information content (AvgIpc) is 1.39. The zero-order valence-corrected chi connectivity index (χ0v) is 84.3. The summed E-state index contributed by atoms with van der Waals surface area (Å²) in [6.45, 7) is 0. The van der Waals surface area contributed by atoms with Crippen LogP contribution in [0.1, 0.15) is 0 Å². The van der Waals surface area contributed by atoms with Gasteiger partial charge in [0.25, 0.3) is 0 Å². The number of para-hydroxylation sites is 10. The zero-order chi connectivity index (χ0) is 97.8. The summed E-state index contributed by atoms with van der Waals surface area (Å²) in [6.07, 6.45) is 0. The number of furan rings is 2. The highest BCUT2D eigenvalue weighted by Gasteiger charge is 2.28. The van der Waals surface area contributed by atoms with E-state index in [4.69, 9.17) is 8.83 Å². The topological polar surface area (TPSA) is 50.9 Å². The van der Waals surface area contributed by atoms with E-state index in [0.29, 0.717) is 0 Å². The van der Waals surface area contributed by atoms with Gasteiger partial charge in [-0.3, -0.25) is 0 Å². The third kappa shape index (κ3) is 12.3. The van der Waals surface area contributed by atoms with E-state index in [9.17, 15) is 0 Å². The van der Waals surface area contributed by atoms with E-state index in [2.05, 4.69) is 490 Å². The molecule has 0 aliphatic heterocycles. The Morgan fingerprint density at radius 1 is 0.133 bits per heavy atom. The molecule has 0 aliphatic rings. The Balaban J connectivity index is 0.0000000976. The van der Waals surface area contributed by atoms with Crippen LogP contribution in [0.25, 0.3) is 316 Å². The van der Waals surface area contributed by atoms with E-state index in [1.165, 1.54) is 249 Å². The first kappa shape index (κ1) is 84.0. The molecular weight excluding hydrogens is 1920 g/mol. The van der Waals surface area contributed by atoms with Crippen LogP contribution < -0.4 is 0 Å². The second-order valence-electron chi connectivity index (χ2n) is 39.3. The van der Waals surface area contributed by atoms with E-state index in [1.807, 2.05) is 68.8 Å². The van der Waals surface area contributed by atoms with E-state index >= 15 is 0 Å². The first-order valence-corrected chi connectivity index (χ1v) is 55.0. The van der Waals surface area contributed by atoms with Crippen LogP contribution in [0.15, 0.2) is 488 Å². The molecule has 23 aromatic carbocycles. The Hall–Kier alpha value is -18.2. The van der Waals surface area contributed by atoms with Crippen molar-refractivity contribution in [2.24, 2.45) is 0 Å². The summed E-state index contributed by atoms with van der Waals surface area (Å²) in [6, 6.07) is 175. The fourth-order valence-electron chi connectivity index (χ4n) is 25.0. The Bertz CT molecular complexity index is 12000. The van der Waals surface area contributed by atoms with Crippen LogP contribution in [0.3, 0.4) is 0 Å². The van der Waals surface area contributed by atoms with Gasteiger partial charge in [-0.15, -0.1) is 56.7 Å². The standard InChI is InChI=1S/C48H28N2OS.C48H28N2S2.C42H23NOS2/c1-2-12-29(13-3-1)49-39-21-7-4-15-36(39)45-41(49)25-26-42-46(45)37-16-5-8-22-40(37)50(42)30-24-27-44-38(28-30)35-20-11-19-34(48(35)52-44)33-18-10-17-32-31-14-6-9-23-43(31)51-47(32)33;1-2-12-29(13-3-1)49-41-21-7-4-14-31(41)38-27-39-32-15-5-8-22-42(32)50(44(39)28-43(38)49)30-24-25-46-40(26-30)37-20-11-19-36(48(37)52-46)35-18-10-17-34-33-16-6-9-23-45(33)51-47(34)35;1-4-16-34-32(11-1)39-35(21-20-27-25-9-2-5-17-36(25)44-40(27)39)43(34)24-19-22-38-33(23-24)31-15-8-14-30(42(31)46-38)29-13-7-12-28-26-10-3-6-18-37(26)45-41(28)29/h2*1-28H;1-23H. The maximum Gasteiger partial charge on any atom is 0.145 e. The largest absolute Gasteiger partial charge is 0.455 e. The smallest absolute Gasteiger partial charge is 0.145 e. The zero-order valence-electron chi connectivity index (χ0n) is 80.2. The lowest BCUT2D eigenvalue weighted by molar-refractivity contribution is 0.670. The fraction of sp³-hybridized carbons (Fsp3) is 0. The molecule has 0 amide bonds. The van der Waals surface area contributed by atoms with Crippen LogP contribution in [-0.4, -0.2) is 22.8 Å². The van der Waals surface area contributed by atoms with Gasteiger partial charge in [0.2, 0.25) is 0 Å². The molecule has 12 heterocycles. The molecule has 698 valence electrons. The van der Waals surface area contributed by atoms with Gasteiger partial charge >= 0.3 is 0 Å².